The van der Waals surface area contributed by atoms with Gasteiger partial charge in [0.2, 0.25) is 0 Å². The summed E-state index contributed by atoms with van der Waals surface area (Å²) in [6, 6.07) is 4.55. The SMILES string of the molecule is Cc1nc2c([nH]1)CCNC2c1cccs1. The van der Waals surface area contributed by atoms with Crippen LogP contribution in [0.2, 0.25) is 0 Å². The molecule has 0 saturated carbocycles. The summed E-state index contributed by atoms with van der Waals surface area (Å²) in [5, 5.41) is 5.63. The van der Waals surface area contributed by atoms with Gasteiger partial charge in [-0.3, -0.25) is 0 Å². The van der Waals surface area contributed by atoms with Crippen molar-refractivity contribution in [3.05, 3.63) is 39.6 Å². The zero-order valence-electron chi connectivity index (χ0n) is 8.58. The molecule has 0 aromatic carbocycles. The first-order chi connectivity index (χ1) is 7.34. The predicted octanol–water partition coefficient (Wildman–Crippen LogP) is 2.01. The van der Waals surface area contributed by atoms with E-state index in [4.69, 9.17) is 0 Å². The van der Waals surface area contributed by atoms with Gasteiger partial charge in [-0.2, -0.15) is 0 Å². The number of hydrogen-bond donors (Lipinski definition) is 2. The minimum absolute atomic E-state index is 0.290. The molecule has 0 spiro atoms. The second-order valence-electron chi connectivity index (χ2n) is 3.84. The van der Waals surface area contributed by atoms with Gasteiger partial charge in [0.15, 0.2) is 0 Å². The summed E-state index contributed by atoms with van der Waals surface area (Å²) in [7, 11) is 0. The molecule has 2 N–H and O–H groups in total. The molecule has 1 atom stereocenters. The summed E-state index contributed by atoms with van der Waals surface area (Å²) < 4.78 is 0. The molecule has 3 heterocycles. The van der Waals surface area contributed by atoms with E-state index >= 15 is 0 Å². The number of nitrogens with one attached hydrogen (secondary N) is 2. The fourth-order valence-electron chi connectivity index (χ4n) is 2.12. The standard InChI is InChI=1S/C11H13N3S/c1-7-13-8-4-5-12-11(10(8)14-7)9-3-2-6-15-9/h2-3,6,11-12H,4-5H2,1H3,(H,13,14). The lowest BCUT2D eigenvalue weighted by atomic mass is 10.0. The van der Waals surface area contributed by atoms with Gasteiger partial charge in [-0.1, -0.05) is 6.07 Å². The van der Waals surface area contributed by atoms with Crippen LogP contribution in [0.3, 0.4) is 0 Å². The molecular weight excluding hydrogens is 206 g/mol. The average Bonchev–Trinajstić information content (AvgIpc) is 2.82. The second kappa shape index (κ2) is 3.47. The Balaban J connectivity index is 2.06. The lowest BCUT2D eigenvalue weighted by molar-refractivity contribution is 0.560. The van der Waals surface area contributed by atoms with Gasteiger partial charge in [-0.05, 0) is 18.4 Å². The molecular formula is C11H13N3S. The third kappa shape index (κ3) is 1.50. The molecule has 0 bridgehead atoms. The number of aryl methyl sites for hydroxylation is 1. The summed E-state index contributed by atoms with van der Waals surface area (Å²) in [4.78, 5) is 9.27. The van der Waals surface area contributed by atoms with Crippen molar-refractivity contribution in [3.8, 4) is 0 Å². The monoisotopic (exact) mass is 219 g/mol. The van der Waals surface area contributed by atoms with Crippen LogP contribution in [0.15, 0.2) is 17.5 Å². The minimum atomic E-state index is 0.290. The lowest BCUT2D eigenvalue weighted by Crippen LogP contribution is -2.30. The molecule has 0 fully saturated rings. The van der Waals surface area contributed by atoms with E-state index in [-0.39, 0.29) is 0 Å². The highest BCUT2D eigenvalue weighted by atomic mass is 32.1. The third-order valence-electron chi connectivity index (χ3n) is 2.75. The van der Waals surface area contributed by atoms with E-state index in [9.17, 15) is 0 Å². The number of fused-ring (bicyclic) bond motifs is 1. The summed E-state index contributed by atoms with van der Waals surface area (Å²) in [6.45, 7) is 3.04. The normalized spacial score (nSPS) is 20.2. The van der Waals surface area contributed by atoms with Crippen LogP contribution >= 0.6 is 11.3 Å². The van der Waals surface area contributed by atoms with E-state index in [0.29, 0.717) is 6.04 Å². The maximum Gasteiger partial charge on any atom is 0.103 e. The van der Waals surface area contributed by atoms with Crippen molar-refractivity contribution < 1.29 is 0 Å². The van der Waals surface area contributed by atoms with Crippen molar-refractivity contribution >= 4 is 11.3 Å². The van der Waals surface area contributed by atoms with Crippen molar-refractivity contribution in [2.75, 3.05) is 6.54 Å². The van der Waals surface area contributed by atoms with Gasteiger partial charge in [0.1, 0.15) is 5.82 Å². The Morgan fingerprint density at radius 1 is 1.53 bits per heavy atom. The Hall–Kier alpha value is -1.13. The van der Waals surface area contributed by atoms with Crippen LogP contribution in [-0.2, 0) is 6.42 Å². The summed E-state index contributed by atoms with van der Waals surface area (Å²) in [6.07, 6.45) is 1.05. The van der Waals surface area contributed by atoms with Gasteiger partial charge in [0.25, 0.3) is 0 Å². The summed E-state index contributed by atoms with van der Waals surface area (Å²) >= 11 is 1.79. The van der Waals surface area contributed by atoms with Gasteiger partial charge in [-0.15, -0.1) is 11.3 Å². The van der Waals surface area contributed by atoms with Gasteiger partial charge >= 0.3 is 0 Å². The van der Waals surface area contributed by atoms with Crippen molar-refractivity contribution in [2.45, 2.75) is 19.4 Å². The molecule has 0 aliphatic carbocycles. The molecule has 15 heavy (non-hydrogen) atoms. The molecule has 2 aromatic rings. The van der Waals surface area contributed by atoms with Crippen LogP contribution in [-0.4, -0.2) is 16.5 Å². The van der Waals surface area contributed by atoms with Crippen molar-refractivity contribution in [1.29, 1.82) is 0 Å². The van der Waals surface area contributed by atoms with E-state index in [1.807, 2.05) is 6.92 Å². The molecule has 1 unspecified atom stereocenters. The van der Waals surface area contributed by atoms with E-state index < -0.39 is 0 Å². The smallest absolute Gasteiger partial charge is 0.103 e. The number of nitrogens with zero attached hydrogens (tertiary/aromatic N) is 1. The number of H-pyrrole nitrogens is 1. The largest absolute Gasteiger partial charge is 0.346 e. The highest BCUT2D eigenvalue weighted by molar-refractivity contribution is 7.10. The van der Waals surface area contributed by atoms with E-state index in [0.717, 1.165) is 18.8 Å². The first-order valence-electron chi connectivity index (χ1n) is 5.17. The van der Waals surface area contributed by atoms with Crippen LogP contribution in [0.5, 0.6) is 0 Å². The fourth-order valence-corrected chi connectivity index (χ4v) is 2.92. The van der Waals surface area contributed by atoms with Crippen molar-refractivity contribution in [2.24, 2.45) is 0 Å². The Morgan fingerprint density at radius 2 is 2.47 bits per heavy atom. The highest BCUT2D eigenvalue weighted by Gasteiger charge is 2.24. The molecule has 0 saturated heterocycles. The Morgan fingerprint density at radius 3 is 3.27 bits per heavy atom. The van der Waals surface area contributed by atoms with Crippen molar-refractivity contribution in [3.63, 3.8) is 0 Å². The lowest BCUT2D eigenvalue weighted by Gasteiger charge is -2.21. The van der Waals surface area contributed by atoms with E-state index in [1.165, 1.54) is 16.3 Å². The summed E-state index contributed by atoms with van der Waals surface area (Å²) in [5.74, 6) is 1.02. The van der Waals surface area contributed by atoms with Gasteiger partial charge in [-0.25, -0.2) is 4.98 Å². The number of imidazole rings is 1. The van der Waals surface area contributed by atoms with Crippen LogP contribution in [0.25, 0.3) is 0 Å². The van der Waals surface area contributed by atoms with Crippen LogP contribution in [0.1, 0.15) is 28.1 Å². The average molecular weight is 219 g/mol. The van der Waals surface area contributed by atoms with E-state index in [1.54, 1.807) is 11.3 Å². The molecule has 0 amide bonds. The van der Waals surface area contributed by atoms with Crippen LogP contribution in [0, 0.1) is 6.92 Å². The molecule has 3 nitrogen and oxygen atoms in total. The Bertz CT molecular complexity index is 458. The maximum absolute atomic E-state index is 4.58. The first kappa shape index (κ1) is 9.12. The van der Waals surface area contributed by atoms with Gasteiger partial charge < -0.3 is 10.3 Å². The van der Waals surface area contributed by atoms with Gasteiger partial charge in [0.05, 0.1) is 11.7 Å². The zero-order chi connectivity index (χ0) is 10.3. The number of thiophene rings is 1. The zero-order valence-corrected chi connectivity index (χ0v) is 9.40. The first-order valence-corrected chi connectivity index (χ1v) is 6.05. The molecule has 78 valence electrons. The highest BCUT2D eigenvalue weighted by Crippen LogP contribution is 2.29. The number of aromatic nitrogens is 2. The summed E-state index contributed by atoms with van der Waals surface area (Å²) in [5.41, 5.74) is 2.48. The topological polar surface area (TPSA) is 40.7 Å². The molecule has 1 aliphatic heterocycles. The molecule has 0 radical (unpaired) electrons. The number of rotatable bonds is 1. The number of aromatic amines is 1. The Labute approximate surface area is 92.6 Å². The number of hydrogen-bond acceptors (Lipinski definition) is 3. The quantitative estimate of drug-likeness (QED) is 0.770. The maximum atomic E-state index is 4.58. The Kier molecular flexibility index (Phi) is 2.11. The van der Waals surface area contributed by atoms with Crippen LogP contribution < -0.4 is 5.32 Å². The van der Waals surface area contributed by atoms with E-state index in [2.05, 4.69) is 32.8 Å². The minimum Gasteiger partial charge on any atom is -0.346 e. The molecule has 2 aromatic heterocycles. The predicted molar refractivity (Wildman–Crippen MR) is 61.2 cm³/mol. The molecule has 1 aliphatic rings. The van der Waals surface area contributed by atoms with Crippen molar-refractivity contribution in [1.82, 2.24) is 15.3 Å². The van der Waals surface area contributed by atoms with Gasteiger partial charge in [0, 0.05) is 23.5 Å². The fraction of sp³-hybridized carbons (Fsp3) is 0.364. The van der Waals surface area contributed by atoms with Crippen LogP contribution in [0.4, 0.5) is 0 Å². The molecule has 4 heteroatoms. The third-order valence-corrected chi connectivity index (χ3v) is 3.69. The second-order valence-corrected chi connectivity index (χ2v) is 4.82. The molecule has 3 rings (SSSR count).